The Balaban J connectivity index is 1.96. The maximum atomic E-state index is 6.32. The van der Waals surface area contributed by atoms with Crippen LogP contribution in [0.4, 0.5) is 0 Å². The third kappa shape index (κ3) is 1.07. The Morgan fingerprint density at radius 1 is 1.14 bits per heavy atom. The van der Waals surface area contributed by atoms with E-state index in [0.717, 1.165) is 5.92 Å². The van der Waals surface area contributed by atoms with E-state index in [1.807, 2.05) is 0 Å². The second-order valence-corrected chi connectivity index (χ2v) is 5.43. The van der Waals surface area contributed by atoms with Gasteiger partial charge in [-0.1, -0.05) is 12.8 Å². The molecule has 0 aromatic rings. The lowest BCUT2D eigenvalue weighted by Gasteiger charge is -2.41. The van der Waals surface area contributed by atoms with E-state index in [0.29, 0.717) is 11.5 Å². The molecule has 3 rings (SSSR count). The van der Waals surface area contributed by atoms with Gasteiger partial charge in [-0.05, 0) is 43.6 Å². The molecule has 2 unspecified atom stereocenters. The molecule has 14 heavy (non-hydrogen) atoms. The highest BCUT2D eigenvalue weighted by molar-refractivity contribution is 5.35. The highest BCUT2D eigenvalue weighted by atomic mass is 14.8. The number of rotatable bonds is 0. The average molecular weight is 192 g/mol. The van der Waals surface area contributed by atoms with E-state index >= 15 is 0 Å². The van der Waals surface area contributed by atoms with Gasteiger partial charge in [0.1, 0.15) is 0 Å². The zero-order valence-electron chi connectivity index (χ0n) is 8.76. The lowest BCUT2D eigenvalue weighted by Crippen LogP contribution is -2.43. The van der Waals surface area contributed by atoms with Gasteiger partial charge in [-0.25, -0.2) is 0 Å². The summed E-state index contributed by atoms with van der Waals surface area (Å²) in [4.78, 5) is 0. The predicted molar refractivity (Wildman–Crippen MR) is 57.4 cm³/mol. The first-order valence-electron chi connectivity index (χ1n) is 5.98. The molecule has 3 aliphatic rings. The molecule has 0 aromatic heterocycles. The monoisotopic (exact) mass is 192 g/mol. The average Bonchev–Trinajstić information content (AvgIpc) is 2.89. The van der Waals surface area contributed by atoms with Crippen molar-refractivity contribution < 1.29 is 0 Å². The predicted octanol–water partition coefficient (Wildman–Crippen LogP) is 1.90. The van der Waals surface area contributed by atoms with E-state index in [-0.39, 0.29) is 0 Å². The summed E-state index contributed by atoms with van der Waals surface area (Å²) in [5.41, 5.74) is 15.5. The van der Waals surface area contributed by atoms with Crippen LogP contribution < -0.4 is 11.5 Å². The highest BCUT2D eigenvalue weighted by Gasteiger charge is 2.49. The van der Waals surface area contributed by atoms with E-state index in [9.17, 15) is 0 Å². The zero-order valence-corrected chi connectivity index (χ0v) is 8.76. The lowest BCUT2D eigenvalue weighted by atomic mass is 9.68. The molecule has 0 aliphatic heterocycles. The van der Waals surface area contributed by atoms with Crippen molar-refractivity contribution in [3.8, 4) is 0 Å². The fourth-order valence-corrected chi connectivity index (χ4v) is 3.36. The Morgan fingerprint density at radius 2 is 1.93 bits per heavy atom. The molecule has 78 valence electrons. The summed E-state index contributed by atoms with van der Waals surface area (Å²) in [6.07, 6.45) is 9.24. The lowest BCUT2D eigenvalue weighted by molar-refractivity contribution is 0.314. The van der Waals surface area contributed by atoms with E-state index in [1.165, 1.54) is 56.2 Å². The Bertz CT molecular complexity index is 289. The Labute approximate surface area is 85.7 Å². The second-order valence-electron chi connectivity index (χ2n) is 5.43. The fraction of sp³-hybridized carbons (Fsp3) is 0.833. The Hall–Kier alpha value is -0.500. The maximum absolute atomic E-state index is 6.32. The van der Waals surface area contributed by atoms with Gasteiger partial charge in [-0.3, -0.25) is 0 Å². The van der Waals surface area contributed by atoms with Crippen LogP contribution in [0.5, 0.6) is 0 Å². The summed E-state index contributed by atoms with van der Waals surface area (Å²) >= 11 is 0. The molecule has 0 heterocycles. The molecule has 2 nitrogen and oxygen atoms in total. The topological polar surface area (TPSA) is 52.0 Å². The molecule has 2 fully saturated rings. The van der Waals surface area contributed by atoms with E-state index in [4.69, 9.17) is 11.5 Å². The first-order valence-corrected chi connectivity index (χ1v) is 5.98. The van der Waals surface area contributed by atoms with E-state index in [2.05, 4.69) is 0 Å². The Kier molecular flexibility index (Phi) is 1.73. The van der Waals surface area contributed by atoms with Gasteiger partial charge in [0.15, 0.2) is 0 Å². The molecule has 1 spiro atoms. The molecular formula is C12H20N2. The minimum Gasteiger partial charge on any atom is -0.402 e. The van der Waals surface area contributed by atoms with Crippen LogP contribution >= 0.6 is 0 Å². The second kappa shape index (κ2) is 2.75. The van der Waals surface area contributed by atoms with Gasteiger partial charge >= 0.3 is 0 Å². The van der Waals surface area contributed by atoms with Crippen LogP contribution in [-0.2, 0) is 0 Å². The van der Waals surface area contributed by atoms with Crippen molar-refractivity contribution in [3.05, 3.63) is 11.3 Å². The molecule has 0 amide bonds. The fourth-order valence-electron chi connectivity index (χ4n) is 3.36. The number of allylic oxidation sites excluding steroid dienone is 1. The first-order chi connectivity index (χ1) is 6.73. The molecule has 2 saturated carbocycles. The summed E-state index contributed by atoms with van der Waals surface area (Å²) in [6.45, 7) is 0. The molecule has 3 aliphatic carbocycles. The molecule has 0 bridgehead atoms. The van der Waals surface area contributed by atoms with Crippen molar-refractivity contribution in [2.45, 2.75) is 51.0 Å². The molecule has 2 atom stereocenters. The standard InChI is InChI=1S/C12H20N2/c13-9-7-8-3-1-2-4-12(5-6-12)11(14)10(8)9/h8-9H,1-7,13-14H2/b11-10-. The molecule has 4 N–H and O–H groups in total. The number of hydrogen-bond donors (Lipinski definition) is 2. The van der Waals surface area contributed by atoms with Crippen LogP contribution in [0.3, 0.4) is 0 Å². The number of fused-ring (bicyclic) bond motifs is 1. The van der Waals surface area contributed by atoms with E-state index in [1.54, 1.807) is 0 Å². The number of hydrogen-bond acceptors (Lipinski definition) is 2. The zero-order chi connectivity index (χ0) is 9.76. The van der Waals surface area contributed by atoms with Gasteiger partial charge < -0.3 is 11.5 Å². The van der Waals surface area contributed by atoms with Gasteiger partial charge in [-0.2, -0.15) is 0 Å². The summed E-state index contributed by atoms with van der Waals surface area (Å²) in [7, 11) is 0. The maximum Gasteiger partial charge on any atom is 0.0282 e. The van der Waals surface area contributed by atoms with Crippen LogP contribution in [0.25, 0.3) is 0 Å². The summed E-state index contributed by atoms with van der Waals surface area (Å²) in [6, 6.07) is 0.301. The highest BCUT2D eigenvalue weighted by Crippen LogP contribution is 2.58. The smallest absolute Gasteiger partial charge is 0.0282 e. The largest absolute Gasteiger partial charge is 0.402 e. The van der Waals surface area contributed by atoms with Crippen molar-refractivity contribution in [2.24, 2.45) is 22.8 Å². The van der Waals surface area contributed by atoms with Crippen molar-refractivity contribution >= 4 is 0 Å². The summed E-state index contributed by atoms with van der Waals surface area (Å²) in [5, 5.41) is 0. The quantitative estimate of drug-likeness (QED) is 0.616. The number of nitrogens with two attached hydrogens (primary N) is 2. The SMILES string of the molecule is N/C1=C2\C(N)CC2CCCCC12CC2. The van der Waals surface area contributed by atoms with Crippen LogP contribution in [0.15, 0.2) is 11.3 Å². The Morgan fingerprint density at radius 3 is 2.57 bits per heavy atom. The van der Waals surface area contributed by atoms with Gasteiger partial charge in [0.2, 0.25) is 0 Å². The molecule has 0 aromatic carbocycles. The van der Waals surface area contributed by atoms with Crippen LogP contribution in [0.1, 0.15) is 44.9 Å². The van der Waals surface area contributed by atoms with Crippen molar-refractivity contribution in [1.29, 1.82) is 0 Å². The minimum atomic E-state index is 0.301. The minimum absolute atomic E-state index is 0.301. The van der Waals surface area contributed by atoms with Crippen molar-refractivity contribution in [2.75, 3.05) is 0 Å². The van der Waals surface area contributed by atoms with Gasteiger partial charge in [-0.15, -0.1) is 0 Å². The van der Waals surface area contributed by atoms with Gasteiger partial charge in [0, 0.05) is 17.2 Å². The third-order valence-electron chi connectivity index (χ3n) is 4.57. The van der Waals surface area contributed by atoms with Crippen LogP contribution in [0.2, 0.25) is 0 Å². The van der Waals surface area contributed by atoms with Gasteiger partial charge in [0.25, 0.3) is 0 Å². The summed E-state index contributed by atoms with van der Waals surface area (Å²) in [5.74, 6) is 0.753. The van der Waals surface area contributed by atoms with Crippen LogP contribution in [-0.4, -0.2) is 6.04 Å². The summed E-state index contributed by atoms with van der Waals surface area (Å²) < 4.78 is 0. The molecular weight excluding hydrogens is 172 g/mol. The van der Waals surface area contributed by atoms with Crippen LogP contribution in [0, 0.1) is 11.3 Å². The normalized spacial score (nSPS) is 44.9. The van der Waals surface area contributed by atoms with Gasteiger partial charge in [0.05, 0.1) is 0 Å². The molecule has 0 radical (unpaired) electrons. The van der Waals surface area contributed by atoms with Crippen molar-refractivity contribution in [3.63, 3.8) is 0 Å². The first kappa shape index (κ1) is 8.78. The molecule has 2 heteroatoms. The molecule has 0 saturated heterocycles. The van der Waals surface area contributed by atoms with Crippen molar-refractivity contribution in [1.82, 2.24) is 0 Å². The third-order valence-corrected chi connectivity index (χ3v) is 4.57. The van der Waals surface area contributed by atoms with E-state index < -0.39 is 0 Å².